The lowest BCUT2D eigenvalue weighted by atomic mass is 9.99. The zero-order chi connectivity index (χ0) is 13.3. The van der Waals surface area contributed by atoms with Crippen LogP contribution in [0.5, 0.6) is 0 Å². The number of hydrogen-bond acceptors (Lipinski definition) is 0. The van der Waals surface area contributed by atoms with Crippen LogP contribution in [0.3, 0.4) is 0 Å². The summed E-state index contributed by atoms with van der Waals surface area (Å²) in [4.78, 5) is 0. The lowest BCUT2D eigenvalue weighted by Gasteiger charge is -2.23. The van der Waals surface area contributed by atoms with Gasteiger partial charge in [-0.25, -0.2) is 0 Å². The number of allylic oxidation sites excluding steroid dienone is 1. The third-order valence-electron chi connectivity index (χ3n) is 2.13. The standard InChI is InChI=1S/C11H8F5I/c1-2-4-7-5-3-6-8(17)9(7)10(12,13)11(14,15)16/h2-3,5-6H,1,4H2. The molecule has 0 saturated carbocycles. The molecule has 1 aromatic carbocycles. The van der Waals surface area contributed by atoms with Crippen molar-refractivity contribution in [3.63, 3.8) is 0 Å². The van der Waals surface area contributed by atoms with Gasteiger partial charge in [-0.3, -0.25) is 0 Å². The van der Waals surface area contributed by atoms with E-state index in [1.54, 1.807) is 0 Å². The van der Waals surface area contributed by atoms with Crippen molar-refractivity contribution in [2.75, 3.05) is 0 Å². The fraction of sp³-hybridized carbons (Fsp3) is 0.273. The SMILES string of the molecule is C=CCc1cccc(I)c1C(F)(F)C(F)(F)F. The molecule has 0 heterocycles. The Kier molecular flexibility index (Phi) is 4.16. The Morgan fingerprint density at radius 3 is 2.24 bits per heavy atom. The maximum atomic E-state index is 13.3. The van der Waals surface area contributed by atoms with Gasteiger partial charge in [0.25, 0.3) is 0 Å². The van der Waals surface area contributed by atoms with Gasteiger partial charge in [0, 0.05) is 9.13 Å². The molecule has 1 rings (SSSR count). The highest BCUT2D eigenvalue weighted by Gasteiger charge is 2.60. The topological polar surface area (TPSA) is 0 Å². The van der Waals surface area contributed by atoms with Crippen molar-refractivity contribution in [3.8, 4) is 0 Å². The third-order valence-corrected chi connectivity index (χ3v) is 3.03. The minimum absolute atomic E-state index is 0.0299. The molecular formula is C11H8F5I. The summed E-state index contributed by atoms with van der Waals surface area (Å²) in [6.07, 6.45) is -4.33. The first-order valence-electron chi connectivity index (χ1n) is 4.55. The van der Waals surface area contributed by atoms with E-state index < -0.39 is 17.7 Å². The first kappa shape index (κ1) is 14.4. The van der Waals surface area contributed by atoms with Crippen LogP contribution in [-0.4, -0.2) is 6.18 Å². The van der Waals surface area contributed by atoms with Crippen molar-refractivity contribution in [3.05, 3.63) is 45.6 Å². The molecule has 6 heteroatoms. The second-order valence-corrected chi connectivity index (χ2v) is 4.50. The fourth-order valence-electron chi connectivity index (χ4n) is 1.39. The molecule has 0 aliphatic rings. The van der Waals surface area contributed by atoms with E-state index >= 15 is 0 Å². The Bertz CT molecular complexity index is 422. The molecule has 0 unspecified atom stereocenters. The van der Waals surface area contributed by atoms with Gasteiger partial charge in [-0.1, -0.05) is 18.2 Å². The van der Waals surface area contributed by atoms with E-state index in [2.05, 4.69) is 6.58 Å². The van der Waals surface area contributed by atoms with Crippen LogP contribution in [0, 0.1) is 3.57 Å². The Balaban J connectivity index is 3.43. The smallest absolute Gasteiger partial charge is 0.191 e. The highest BCUT2D eigenvalue weighted by Crippen LogP contribution is 2.46. The minimum Gasteiger partial charge on any atom is -0.191 e. The molecule has 0 saturated heterocycles. The van der Waals surface area contributed by atoms with E-state index in [0.717, 1.165) is 0 Å². The molecule has 0 nitrogen and oxygen atoms in total. The predicted octanol–water partition coefficient (Wildman–Crippen LogP) is 4.67. The van der Waals surface area contributed by atoms with Gasteiger partial charge in [0.15, 0.2) is 0 Å². The van der Waals surface area contributed by atoms with Crippen LogP contribution < -0.4 is 0 Å². The van der Waals surface area contributed by atoms with E-state index in [0.29, 0.717) is 0 Å². The molecule has 0 radical (unpaired) electrons. The number of benzene rings is 1. The lowest BCUT2D eigenvalue weighted by molar-refractivity contribution is -0.289. The number of rotatable bonds is 3. The molecule has 1 aromatic rings. The van der Waals surface area contributed by atoms with Crippen molar-refractivity contribution in [1.82, 2.24) is 0 Å². The summed E-state index contributed by atoms with van der Waals surface area (Å²) in [7, 11) is 0. The zero-order valence-corrected chi connectivity index (χ0v) is 10.6. The highest BCUT2D eigenvalue weighted by molar-refractivity contribution is 14.1. The average Bonchev–Trinajstić information content (AvgIpc) is 2.15. The molecule has 0 amide bonds. The van der Waals surface area contributed by atoms with Crippen LogP contribution in [0.4, 0.5) is 22.0 Å². The Morgan fingerprint density at radius 1 is 1.18 bits per heavy atom. The van der Waals surface area contributed by atoms with Gasteiger partial charge in [0.1, 0.15) is 0 Å². The summed E-state index contributed by atoms with van der Waals surface area (Å²) >= 11 is 1.48. The second kappa shape index (κ2) is 4.91. The summed E-state index contributed by atoms with van der Waals surface area (Å²) < 4.78 is 63.6. The Morgan fingerprint density at radius 2 is 1.76 bits per heavy atom. The van der Waals surface area contributed by atoms with Crippen molar-refractivity contribution < 1.29 is 22.0 Å². The predicted molar refractivity (Wildman–Crippen MR) is 63.0 cm³/mol. The van der Waals surface area contributed by atoms with Gasteiger partial charge in [0.05, 0.1) is 0 Å². The van der Waals surface area contributed by atoms with Gasteiger partial charge in [0.2, 0.25) is 0 Å². The summed E-state index contributed by atoms with van der Waals surface area (Å²) in [6.45, 7) is 3.34. The molecule has 0 bridgehead atoms. The van der Waals surface area contributed by atoms with Crippen molar-refractivity contribution in [2.45, 2.75) is 18.5 Å². The maximum Gasteiger partial charge on any atom is 0.458 e. The van der Waals surface area contributed by atoms with E-state index in [1.165, 1.54) is 46.9 Å². The average molecular weight is 362 g/mol. The zero-order valence-electron chi connectivity index (χ0n) is 8.49. The first-order valence-corrected chi connectivity index (χ1v) is 5.63. The normalized spacial score (nSPS) is 12.6. The number of halogens is 6. The van der Waals surface area contributed by atoms with E-state index in [4.69, 9.17) is 0 Å². The summed E-state index contributed by atoms with van der Waals surface area (Å²) in [5, 5.41) is 0. The second-order valence-electron chi connectivity index (χ2n) is 3.34. The van der Waals surface area contributed by atoms with E-state index in [9.17, 15) is 22.0 Å². The molecule has 0 aliphatic carbocycles. The van der Waals surface area contributed by atoms with E-state index in [1.807, 2.05) is 0 Å². The van der Waals surface area contributed by atoms with Crippen LogP contribution in [0.25, 0.3) is 0 Å². The summed E-state index contributed by atoms with van der Waals surface area (Å²) in [6, 6.07) is 3.91. The van der Waals surface area contributed by atoms with Crippen molar-refractivity contribution in [2.24, 2.45) is 0 Å². The third kappa shape index (κ3) is 2.78. The summed E-state index contributed by atoms with van der Waals surface area (Å²) in [5.74, 6) is -4.84. The molecule has 0 N–H and O–H groups in total. The Hall–Kier alpha value is -0.660. The first-order chi connectivity index (χ1) is 7.71. The molecule has 0 aliphatic heterocycles. The van der Waals surface area contributed by atoms with Crippen LogP contribution in [0.1, 0.15) is 11.1 Å². The van der Waals surface area contributed by atoms with Crippen molar-refractivity contribution in [1.29, 1.82) is 0 Å². The monoisotopic (exact) mass is 362 g/mol. The van der Waals surface area contributed by atoms with Crippen LogP contribution in [0.2, 0.25) is 0 Å². The van der Waals surface area contributed by atoms with Crippen LogP contribution in [-0.2, 0) is 12.3 Å². The highest BCUT2D eigenvalue weighted by atomic mass is 127. The van der Waals surface area contributed by atoms with Crippen LogP contribution in [0.15, 0.2) is 30.9 Å². The van der Waals surface area contributed by atoms with Gasteiger partial charge in [-0.2, -0.15) is 22.0 Å². The Labute approximate surface area is 109 Å². The lowest BCUT2D eigenvalue weighted by Crippen LogP contribution is -2.35. The molecular weight excluding hydrogens is 354 g/mol. The van der Waals surface area contributed by atoms with Gasteiger partial charge in [-0.05, 0) is 40.6 Å². The van der Waals surface area contributed by atoms with Crippen LogP contribution >= 0.6 is 22.6 Å². The molecule has 94 valence electrons. The van der Waals surface area contributed by atoms with Gasteiger partial charge in [-0.15, -0.1) is 6.58 Å². The van der Waals surface area contributed by atoms with E-state index in [-0.39, 0.29) is 15.6 Å². The quantitative estimate of drug-likeness (QED) is 0.416. The van der Waals surface area contributed by atoms with Gasteiger partial charge < -0.3 is 0 Å². The maximum absolute atomic E-state index is 13.3. The largest absolute Gasteiger partial charge is 0.458 e. The molecule has 0 fully saturated rings. The molecule has 17 heavy (non-hydrogen) atoms. The minimum atomic E-state index is -5.59. The number of hydrogen-bond donors (Lipinski definition) is 0. The number of alkyl halides is 5. The molecule has 0 aromatic heterocycles. The fourth-order valence-corrected chi connectivity index (χ4v) is 2.28. The molecule has 0 atom stereocenters. The summed E-state index contributed by atoms with van der Waals surface area (Å²) in [5.41, 5.74) is -1.04. The van der Waals surface area contributed by atoms with Gasteiger partial charge >= 0.3 is 12.1 Å². The van der Waals surface area contributed by atoms with Crippen molar-refractivity contribution >= 4 is 22.6 Å². The molecule has 0 spiro atoms.